The minimum atomic E-state index is -3.46. The van der Waals surface area contributed by atoms with E-state index in [9.17, 15) is 8.42 Å². The van der Waals surface area contributed by atoms with Crippen LogP contribution in [0.4, 0.5) is 0 Å². The number of ether oxygens (including phenoxy) is 1. The molecule has 1 fully saturated rings. The molecule has 18 heavy (non-hydrogen) atoms. The molecule has 0 aromatic heterocycles. The molecule has 5 heteroatoms. The van der Waals surface area contributed by atoms with Crippen molar-refractivity contribution >= 4 is 10.0 Å². The molecule has 0 saturated carbocycles. The molecule has 1 aliphatic rings. The van der Waals surface area contributed by atoms with Gasteiger partial charge in [0.15, 0.2) is 0 Å². The molecule has 2 rings (SSSR count). The van der Waals surface area contributed by atoms with Gasteiger partial charge in [0, 0.05) is 6.54 Å². The van der Waals surface area contributed by atoms with E-state index in [1.807, 2.05) is 6.92 Å². The Morgan fingerprint density at radius 3 is 2.67 bits per heavy atom. The smallest absolute Gasteiger partial charge is 0.243 e. The molecule has 0 radical (unpaired) electrons. The number of hydrogen-bond acceptors (Lipinski definition) is 3. The molecule has 0 amide bonds. The maximum atomic E-state index is 12.4. The van der Waals surface area contributed by atoms with Crippen LogP contribution in [0.5, 0.6) is 0 Å². The molecule has 1 aromatic rings. The van der Waals surface area contributed by atoms with E-state index >= 15 is 0 Å². The first kappa shape index (κ1) is 13.1. The van der Waals surface area contributed by atoms with E-state index in [2.05, 4.69) is 5.92 Å². The number of sulfonamides is 1. The molecule has 0 unspecified atom stereocenters. The summed E-state index contributed by atoms with van der Waals surface area (Å²) < 4.78 is 31.4. The van der Waals surface area contributed by atoms with Crippen LogP contribution in [0.2, 0.25) is 0 Å². The van der Waals surface area contributed by atoms with Gasteiger partial charge in [0.25, 0.3) is 0 Å². The van der Waals surface area contributed by atoms with Crippen LogP contribution in [0.25, 0.3) is 0 Å². The molecule has 1 aliphatic heterocycles. The fourth-order valence-corrected chi connectivity index (χ4v) is 3.23. The first-order valence-electron chi connectivity index (χ1n) is 5.68. The number of morpholine rings is 1. The van der Waals surface area contributed by atoms with Gasteiger partial charge in [0.1, 0.15) is 6.10 Å². The van der Waals surface area contributed by atoms with Gasteiger partial charge in [0.05, 0.1) is 18.0 Å². The Kier molecular flexibility index (Phi) is 3.71. The van der Waals surface area contributed by atoms with Gasteiger partial charge in [-0.05, 0) is 19.1 Å². The van der Waals surface area contributed by atoms with Crippen molar-refractivity contribution in [1.82, 2.24) is 4.31 Å². The Balaban J connectivity index is 2.26. The van der Waals surface area contributed by atoms with Gasteiger partial charge in [-0.2, -0.15) is 4.31 Å². The molecule has 96 valence electrons. The van der Waals surface area contributed by atoms with Crippen LogP contribution in [-0.2, 0) is 14.8 Å². The lowest BCUT2D eigenvalue weighted by molar-refractivity contribution is 0.0324. The number of benzene rings is 1. The minimum absolute atomic E-state index is 0.215. The molecule has 1 atom stereocenters. The zero-order chi connectivity index (χ0) is 13.2. The second-order valence-electron chi connectivity index (χ2n) is 4.20. The van der Waals surface area contributed by atoms with E-state index in [4.69, 9.17) is 11.2 Å². The standard InChI is InChI=1S/C13H15NO3S/c1-3-12-10-14(8-9-17-12)18(15,16)13-6-4-11(2)5-7-13/h1,4-7,12H,8-10H2,2H3/t12-/m0/s1. The molecule has 4 nitrogen and oxygen atoms in total. The van der Waals surface area contributed by atoms with Crippen molar-refractivity contribution in [1.29, 1.82) is 0 Å². The molecular formula is C13H15NO3S. The van der Waals surface area contributed by atoms with Crippen molar-refractivity contribution in [2.75, 3.05) is 19.7 Å². The second kappa shape index (κ2) is 5.11. The third kappa shape index (κ3) is 2.56. The molecule has 0 bridgehead atoms. The predicted octanol–water partition coefficient (Wildman–Crippen LogP) is 1.02. The van der Waals surface area contributed by atoms with Crippen LogP contribution < -0.4 is 0 Å². The number of hydrogen-bond donors (Lipinski definition) is 0. The van der Waals surface area contributed by atoms with Crippen LogP contribution in [0.1, 0.15) is 5.56 Å². The maximum absolute atomic E-state index is 12.4. The van der Waals surface area contributed by atoms with Crippen LogP contribution in [0.3, 0.4) is 0 Å². The first-order valence-corrected chi connectivity index (χ1v) is 7.12. The highest BCUT2D eigenvalue weighted by molar-refractivity contribution is 7.89. The zero-order valence-corrected chi connectivity index (χ0v) is 11.0. The van der Waals surface area contributed by atoms with Gasteiger partial charge in [-0.1, -0.05) is 23.6 Å². The van der Waals surface area contributed by atoms with Gasteiger partial charge < -0.3 is 4.74 Å². The van der Waals surface area contributed by atoms with E-state index in [0.29, 0.717) is 18.0 Å². The summed E-state index contributed by atoms with van der Waals surface area (Å²) >= 11 is 0. The van der Waals surface area contributed by atoms with Gasteiger partial charge in [0.2, 0.25) is 10.0 Å². The Bertz CT molecular complexity index is 557. The highest BCUT2D eigenvalue weighted by Crippen LogP contribution is 2.18. The summed E-state index contributed by atoms with van der Waals surface area (Å²) in [5.74, 6) is 2.44. The van der Waals surface area contributed by atoms with Gasteiger partial charge in [-0.3, -0.25) is 0 Å². The van der Waals surface area contributed by atoms with E-state index in [-0.39, 0.29) is 6.54 Å². The third-order valence-corrected chi connectivity index (χ3v) is 4.75. The van der Waals surface area contributed by atoms with Crippen LogP contribution >= 0.6 is 0 Å². The Morgan fingerprint density at radius 1 is 1.39 bits per heavy atom. The van der Waals surface area contributed by atoms with E-state index in [0.717, 1.165) is 5.56 Å². The molecule has 0 aliphatic carbocycles. The molecule has 0 N–H and O–H groups in total. The number of rotatable bonds is 2. The molecule has 0 spiro atoms. The van der Waals surface area contributed by atoms with Crippen LogP contribution in [0, 0.1) is 19.3 Å². The fourth-order valence-electron chi connectivity index (χ4n) is 1.80. The van der Waals surface area contributed by atoms with Crippen molar-refractivity contribution in [3.8, 4) is 12.3 Å². The average Bonchev–Trinajstić information content (AvgIpc) is 2.39. The summed E-state index contributed by atoms with van der Waals surface area (Å²) in [5.41, 5.74) is 1.03. The molecular weight excluding hydrogens is 250 g/mol. The Morgan fingerprint density at radius 2 is 2.06 bits per heavy atom. The van der Waals surface area contributed by atoms with Crippen molar-refractivity contribution in [3.63, 3.8) is 0 Å². The van der Waals surface area contributed by atoms with Crippen LogP contribution in [0.15, 0.2) is 29.2 Å². The fraction of sp³-hybridized carbons (Fsp3) is 0.385. The summed E-state index contributed by atoms with van der Waals surface area (Å²) in [6.45, 7) is 2.81. The van der Waals surface area contributed by atoms with Crippen LogP contribution in [-0.4, -0.2) is 38.5 Å². The normalized spacial score (nSPS) is 21.4. The van der Waals surface area contributed by atoms with Gasteiger partial charge >= 0.3 is 0 Å². The average molecular weight is 265 g/mol. The Hall–Kier alpha value is -1.35. The summed E-state index contributed by atoms with van der Waals surface area (Å²) in [5, 5.41) is 0. The summed E-state index contributed by atoms with van der Waals surface area (Å²) in [6, 6.07) is 6.80. The monoisotopic (exact) mass is 265 g/mol. The summed E-state index contributed by atoms with van der Waals surface area (Å²) in [4.78, 5) is 0.297. The third-order valence-electron chi connectivity index (χ3n) is 2.87. The SMILES string of the molecule is C#C[C@H]1CN(S(=O)(=O)c2ccc(C)cc2)CCO1. The topological polar surface area (TPSA) is 46.6 Å². The predicted molar refractivity (Wildman–Crippen MR) is 68.5 cm³/mol. The van der Waals surface area contributed by atoms with Gasteiger partial charge in [-0.15, -0.1) is 6.42 Å². The minimum Gasteiger partial charge on any atom is -0.363 e. The van der Waals surface area contributed by atoms with E-state index in [1.54, 1.807) is 24.3 Å². The maximum Gasteiger partial charge on any atom is 0.243 e. The number of terminal acetylenes is 1. The highest BCUT2D eigenvalue weighted by atomic mass is 32.2. The molecule has 1 saturated heterocycles. The molecule has 1 heterocycles. The van der Waals surface area contributed by atoms with Crippen molar-refractivity contribution < 1.29 is 13.2 Å². The van der Waals surface area contributed by atoms with Crippen molar-refractivity contribution in [3.05, 3.63) is 29.8 Å². The lowest BCUT2D eigenvalue weighted by Gasteiger charge is -2.29. The largest absolute Gasteiger partial charge is 0.363 e. The van der Waals surface area contributed by atoms with E-state index < -0.39 is 16.1 Å². The van der Waals surface area contributed by atoms with Gasteiger partial charge in [-0.25, -0.2) is 8.42 Å². The first-order chi connectivity index (χ1) is 8.54. The van der Waals surface area contributed by atoms with Crippen molar-refractivity contribution in [2.45, 2.75) is 17.9 Å². The quantitative estimate of drug-likeness (QED) is 0.750. The molecule has 1 aromatic carbocycles. The summed E-state index contributed by atoms with van der Waals surface area (Å²) in [7, 11) is -3.46. The zero-order valence-electron chi connectivity index (χ0n) is 10.2. The highest BCUT2D eigenvalue weighted by Gasteiger charge is 2.29. The van der Waals surface area contributed by atoms with Crippen molar-refractivity contribution in [2.24, 2.45) is 0 Å². The number of nitrogens with zero attached hydrogens (tertiary/aromatic N) is 1. The number of aryl methyl sites for hydroxylation is 1. The summed E-state index contributed by atoms with van der Waals surface area (Å²) in [6.07, 6.45) is 4.81. The lowest BCUT2D eigenvalue weighted by atomic mass is 10.2. The Labute approximate surface area is 108 Å². The lowest BCUT2D eigenvalue weighted by Crippen LogP contribution is -2.44. The second-order valence-corrected chi connectivity index (χ2v) is 6.14. The van der Waals surface area contributed by atoms with E-state index in [1.165, 1.54) is 4.31 Å².